The van der Waals surface area contributed by atoms with Crippen LogP contribution in [-0.4, -0.2) is 51.1 Å². The molecular formula is C31H33FN4O5. The number of hydrogen-bond donors (Lipinski definition) is 2. The maximum Gasteiger partial charge on any atom is 0.343 e. The summed E-state index contributed by atoms with van der Waals surface area (Å²) < 4.78 is 21.9. The molecule has 0 saturated carbocycles. The Morgan fingerprint density at radius 3 is 2.78 bits per heavy atom. The van der Waals surface area contributed by atoms with E-state index in [2.05, 4.69) is 10.2 Å². The van der Waals surface area contributed by atoms with Gasteiger partial charge in [0.25, 0.3) is 5.56 Å². The van der Waals surface area contributed by atoms with Gasteiger partial charge in [-0.05, 0) is 75.4 Å². The summed E-state index contributed by atoms with van der Waals surface area (Å²) in [5.74, 6) is -1.15. The molecule has 1 amide bonds. The number of cyclic esters (lactones) is 1. The van der Waals surface area contributed by atoms with Crippen LogP contribution in [0.1, 0.15) is 78.5 Å². The molecule has 9 nitrogen and oxygen atoms in total. The first-order chi connectivity index (χ1) is 19.6. The van der Waals surface area contributed by atoms with Crippen molar-refractivity contribution in [2.45, 2.75) is 83.2 Å². The Bertz CT molecular complexity index is 1730. The van der Waals surface area contributed by atoms with E-state index in [4.69, 9.17) is 9.72 Å². The van der Waals surface area contributed by atoms with Gasteiger partial charge in [-0.25, -0.2) is 14.2 Å². The number of aryl methyl sites for hydroxylation is 1. The van der Waals surface area contributed by atoms with Crippen LogP contribution in [0.4, 0.5) is 4.39 Å². The van der Waals surface area contributed by atoms with Gasteiger partial charge in [-0.2, -0.15) is 0 Å². The molecule has 1 aromatic carbocycles. The molecule has 1 saturated heterocycles. The van der Waals surface area contributed by atoms with Crippen molar-refractivity contribution in [3.05, 3.63) is 61.7 Å². The van der Waals surface area contributed by atoms with Gasteiger partial charge >= 0.3 is 5.97 Å². The zero-order valence-electron chi connectivity index (χ0n) is 23.5. The van der Waals surface area contributed by atoms with E-state index in [9.17, 15) is 19.5 Å². The molecule has 3 aromatic rings. The summed E-state index contributed by atoms with van der Waals surface area (Å²) in [6, 6.07) is 2.56. The quantitative estimate of drug-likeness (QED) is 0.370. The second-order valence-electron chi connectivity index (χ2n) is 11.9. The summed E-state index contributed by atoms with van der Waals surface area (Å²) in [4.78, 5) is 46.9. The molecule has 3 aliphatic heterocycles. The first-order valence-corrected chi connectivity index (χ1v) is 14.5. The van der Waals surface area contributed by atoms with Crippen molar-refractivity contribution in [1.29, 1.82) is 0 Å². The molecule has 2 N–H and O–H groups in total. The van der Waals surface area contributed by atoms with E-state index in [0.29, 0.717) is 35.3 Å². The highest BCUT2D eigenvalue weighted by Crippen LogP contribution is 2.46. The van der Waals surface area contributed by atoms with Gasteiger partial charge in [-0.15, -0.1) is 0 Å². The number of fused-ring (bicyclic) bond motifs is 5. The fraction of sp³-hybridized carbons (Fsp3) is 0.484. The molecule has 2 aromatic heterocycles. The number of carbonyl (C=O) groups excluding carboxylic acids is 2. The number of amides is 1. The Morgan fingerprint density at radius 2 is 2.02 bits per heavy atom. The predicted molar refractivity (Wildman–Crippen MR) is 149 cm³/mol. The van der Waals surface area contributed by atoms with E-state index >= 15 is 4.39 Å². The third-order valence-electron chi connectivity index (χ3n) is 9.77. The zero-order valence-corrected chi connectivity index (χ0v) is 23.5. The maximum absolute atomic E-state index is 15.1. The summed E-state index contributed by atoms with van der Waals surface area (Å²) in [5.41, 5.74) is 2.77. The van der Waals surface area contributed by atoms with Crippen LogP contribution in [0, 0.1) is 12.7 Å². The lowest BCUT2D eigenvalue weighted by atomic mass is 9.81. The summed E-state index contributed by atoms with van der Waals surface area (Å²) in [6.45, 7) is 4.31. The highest BCUT2D eigenvalue weighted by atomic mass is 19.1. The minimum atomic E-state index is -1.94. The number of ether oxygens (including phenoxy) is 1. The van der Waals surface area contributed by atoms with Gasteiger partial charge in [0.2, 0.25) is 5.91 Å². The molecule has 1 fully saturated rings. The lowest BCUT2D eigenvalue weighted by Gasteiger charge is -2.34. The molecular weight excluding hydrogens is 527 g/mol. The Balaban J connectivity index is 1.43. The van der Waals surface area contributed by atoms with E-state index in [-0.39, 0.29) is 60.1 Å². The Labute approximate surface area is 236 Å². The van der Waals surface area contributed by atoms with Crippen LogP contribution >= 0.6 is 0 Å². The van der Waals surface area contributed by atoms with Gasteiger partial charge < -0.3 is 19.7 Å². The van der Waals surface area contributed by atoms with Gasteiger partial charge in [0.1, 0.15) is 12.4 Å². The molecule has 41 heavy (non-hydrogen) atoms. The molecule has 10 heteroatoms. The summed E-state index contributed by atoms with van der Waals surface area (Å²) in [5, 5.41) is 15.4. The Hall–Kier alpha value is -3.63. The summed E-state index contributed by atoms with van der Waals surface area (Å²) >= 11 is 0. The molecule has 0 unspecified atom stereocenters. The molecule has 0 radical (unpaired) electrons. The van der Waals surface area contributed by atoms with Crippen LogP contribution in [0.3, 0.4) is 0 Å². The van der Waals surface area contributed by atoms with Crippen LogP contribution in [0.2, 0.25) is 0 Å². The topological polar surface area (TPSA) is 114 Å². The van der Waals surface area contributed by atoms with E-state index in [1.54, 1.807) is 24.5 Å². The fourth-order valence-electron chi connectivity index (χ4n) is 7.37. The Kier molecular flexibility index (Phi) is 5.89. The number of aliphatic hydroxyl groups is 1. The van der Waals surface area contributed by atoms with Gasteiger partial charge in [-0.1, -0.05) is 13.3 Å². The maximum atomic E-state index is 15.1. The number of benzene rings is 1. The summed E-state index contributed by atoms with van der Waals surface area (Å²) in [6.07, 6.45) is 4.12. The predicted octanol–water partition coefficient (Wildman–Crippen LogP) is 3.11. The van der Waals surface area contributed by atoms with Crippen molar-refractivity contribution in [2.24, 2.45) is 0 Å². The van der Waals surface area contributed by atoms with Gasteiger partial charge in [-0.3, -0.25) is 14.5 Å². The first kappa shape index (κ1) is 26.3. The average molecular weight is 561 g/mol. The smallest absolute Gasteiger partial charge is 0.343 e. The van der Waals surface area contributed by atoms with Crippen molar-refractivity contribution in [2.75, 3.05) is 13.6 Å². The number of nitrogens with one attached hydrogen (secondary N) is 1. The number of likely N-dealkylation sites (N-methyl/N-ethyl adjacent to an activating group) is 1. The monoisotopic (exact) mass is 560 g/mol. The summed E-state index contributed by atoms with van der Waals surface area (Å²) in [7, 11) is 1.98. The lowest BCUT2D eigenvalue weighted by molar-refractivity contribution is -0.172. The zero-order chi connectivity index (χ0) is 28.8. The largest absolute Gasteiger partial charge is 0.458 e. The van der Waals surface area contributed by atoms with Crippen LogP contribution in [-0.2, 0) is 39.5 Å². The number of piperidine rings is 1. The number of likely N-dealkylation sites (tertiary alicyclic amines) is 1. The average Bonchev–Trinajstić information content (AvgIpc) is 3.33. The van der Waals surface area contributed by atoms with Crippen molar-refractivity contribution < 1.29 is 23.8 Å². The standard InChI is InChI=1S/C31H33FN4O5/c1-4-31(40)19-11-24-27-17(13-36(24)29(38)18(19)14-41-30(31)39)26-21(34-28(37)23-7-5-6-10-35(23)3)9-8-16-15(2)20(32)12-22(33-27)25(16)26/h11-12,21,23,40H,4-10,13-14H2,1-3H3,(H,34,37)/t21-,23+,31-/m0/s1. The van der Waals surface area contributed by atoms with Gasteiger partial charge in [0.05, 0.1) is 41.1 Å². The molecule has 3 atom stereocenters. The number of hydrogen-bond acceptors (Lipinski definition) is 7. The molecule has 0 spiro atoms. The normalized spacial score (nSPS) is 25.0. The number of halogens is 1. The van der Waals surface area contributed by atoms with Crippen molar-refractivity contribution in [3.63, 3.8) is 0 Å². The van der Waals surface area contributed by atoms with Crippen LogP contribution < -0.4 is 10.9 Å². The second kappa shape index (κ2) is 9.19. The number of carbonyl (C=O) groups is 2. The minimum Gasteiger partial charge on any atom is -0.458 e. The Morgan fingerprint density at radius 1 is 1.22 bits per heavy atom. The van der Waals surface area contributed by atoms with Crippen molar-refractivity contribution in [3.8, 4) is 11.4 Å². The lowest BCUT2D eigenvalue weighted by Crippen LogP contribution is -2.48. The van der Waals surface area contributed by atoms with Crippen LogP contribution in [0.25, 0.3) is 22.3 Å². The third-order valence-corrected chi connectivity index (χ3v) is 9.77. The van der Waals surface area contributed by atoms with Crippen molar-refractivity contribution >= 4 is 22.8 Å². The van der Waals surface area contributed by atoms with Crippen LogP contribution in [0.5, 0.6) is 0 Å². The highest BCUT2D eigenvalue weighted by Gasteiger charge is 2.46. The molecule has 214 valence electrons. The molecule has 7 rings (SSSR count). The molecule has 5 heterocycles. The third kappa shape index (κ3) is 3.66. The van der Waals surface area contributed by atoms with E-state index in [1.807, 2.05) is 7.05 Å². The minimum absolute atomic E-state index is 0.0231. The second-order valence-corrected chi connectivity index (χ2v) is 11.9. The first-order valence-electron chi connectivity index (χ1n) is 14.5. The number of pyridine rings is 2. The highest BCUT2D eigenvalue weighted by molar-refractivity contribution is 5.94. The fourth-order valence-corrected chi connectivity index (χ4v) is 7.37. The number of nitrogens with zero attached hydrogens (tertiary/aromatic N) is 3. The molecule has 0 bridgehead atoms. The van der Waals surface area contributed by atoms with E-state index < -0.39 is 11.6 Å². The van der Waals surface area contributed by atoms with Crippen LogP contribution in [0.15, 0.2) is 16.9 Å². The molecule has 1 aliphatic carbocycles. The molecule has 4 aliphatic rings. The van der Waals surface area contributed by atoms with Gasteiger partial charge in [0, 0.05) is 22.6 Å². The SMILES string of the molecule is CC[C@@]1(O)C(=O)OCc2c1cc1n(c2=O)Cc2c-1nc1cc(F)c(C)c3c1c2[C@@H](NC(=O)[C@H]1CCCCN1C)CC3. The number of aromatic nitrogens is 2. The number of esters is 1. The van der Waals surface area contributed by atoms with E-state index in [0.717, 1.165) is 47.9 Å². The van der Waals surface area contributed by atoms with E-state index in [1.165, 1.54) is 6.07 Å². The van der Waals surface area contributed by atoms with Gasteiger partial charge in [0.15, 0.2) is 5.60 Å². The number of rotatable bonds is 3. The van der Waals surface area contributed by atoms with Crippen molar-refractivity contribution in [1.82, 2.24) is 19.8 Å².